The van der Waals surface area contributed by atoms with E-state index in [1.807, 2.05) is 0 Å². The Hall–Kier alpha value is -3.75. The standard InChI is InChI=1S/C34H32F6O3/c1-3-42-27-17-16-26(32(39)33(27)40)25-15-14-24(30(37)31(25)38)20-9-11-22(12-10-20)43-34(41)21-7-5-19(6-8-21)23-13-4-18(2)28(35)29(23)36/h4-5,13-17,20-22H,3,6-12H2,1-2H3. The number of ether oxygens (including phenoxy) is 2. The molecule has 1 unspecified atom stereocenters. The summed E-state index contributed by atoms with van der Waals surface area (Å²) in [4.78, 5) is 12.8. The van der Waals surface area contributed by atoms with Gasteiger partial charge in [0.1, 0.15) is 6.10 Å². The molecule has 3 aromatic rings. The molecule has 0 N–H and O–H groups in total. The van der Waals surface area contributed by atoms with Crippen molar-refractivity contribution >= 4 is 11.5 Å². The molecular weight excluding hydrogens is 570 g/mol. The molecule has 1 atom stereocenters. The first-order chi connectivity index (χ1) is 20.6. The van der Waals surface area contributed by atoms with Gasteiger partial charge in [-0.05, 0) is 93.5 Å². The maximum Gasteiger partial charge on any atom is 0.309 e. The Balaban J connectivity index is 1.19. The lowest BCUT2D eigenvalue weighted by Gasteiger charge is -2.30. The van der Waals surface area contributed by atoms with Gasteiger partial charge in [-0.1, -0.05) is 30.3 Å². The van der Waals surface area contributed by atoms with Crippen LogP contribution in [0.4, 0.5) is 26.3 Å². The van der Waals surface area contributed by atoms with E-state index in [2.05, 4.69) is 0 Å². The smallest absolute Gasteiger partial charge is 0.309 e. The molecule has 2 aliphatic carbocycles. The number of esters is 1. The number of hydrogen-bond donors (Lipinski definition) is 0. The summed E-state index contributed by atoms with van der Waals surface area (Å²) >= 11 is 0. The average molecular weight is 603 g/mol. The molecular formula is C34H32F6O3. The minimum Gasteiger partial charge on any atom is -0.491 e. The second-order valence-electron chi connectivity index (χ2n) is 11.2. The molecule has 2 aliphatic rings. The van der Waals surface area contributed by atoms with E-state index >= 15 is 8.78 Å². The quantitative estimate of drug-likeness (QED) is 0.200. The fourth-order valence-corrected chi connectivity index (χ4v) is 6.03. The molecule has 0 bridgehead atoms. The van der Waals surface area contributed by atoms with Crippen LogP contribution in [0.3, 0.4) is 0 Å². The van der Waals surface area contributed by atoms with Gasteiger partial charge in [-0.3, -0.25) is 4.79 Å². The van der Waals surface area contributed by atoms with Gasteiger partial charge in [-0.15, -0.1) is 0 Å². The second kappa shape index (κ2) is 12.9. The van der Waals surface area contributed by atoms with Crippen LogP contribution in [0, 0.1) is 47.7 Å². The predicted octanol–water partition coefficient (Wildman–Crippen LogP) is 9.35. The van der Waals surface area contributed by atoms with Gasteiger partial charge in [0.25, 0.3) is 0 Å². The molecule has 9 heteroatoms. The molecule has 1 fully saturated rings. The SMILES string of the molecule is CCOc1ccc(-c2ccc(C3CCC(OC(=O)C4CC=C(c5ccc(C)c(F)c5F)CC4)CC3)c(F)c2F)c(F)c1F. The van der Waals surface area contributed by atoms with Gasteiger partial charge in [0.15, 0.2) is 34.8 Å². The molecule has 1 saturated carbocycles. The van der Waals surface area contributed by atoms with Gasteiger partial charge in [0, 0.05) is 16.7 Å². The molecule has 0 amide bonds. The molecule has 3 nitrogen and oxygen atoms in total. The molecule has 0 radical (unpaired) electrons. The van der Waals surface area contributed by atoms with Crippen molar-refractivity contribution in [1.82, 2.24) is 0 Å². The molecule has 5 rings (SSSR count). The fourth-order valence-electron chi connectivity index (χ4n) is 6.03. The fraction of sp³-hybridized carbons (Fsp3) is 0.382. The Morgan fingerprint density at radius 3 is 2.02 bits per heavy atom. The number of benzene rings is 3. The lowest BCUT2D eigenvalue weighted by molar-refractivity contribution is -0.156. The maximum atomic E-state index is 15.2. The zero-order chi connectivity index (χ0) is 30.8. The topological polar surface area (TPSA) is 35.5 Å². The van der Waals surface area contributed by atoms with Gasteiger partial charge in [0.2, 0.25) is 5.82 Å². The highest BCUT2D eigenvalue weighted by Gasteiger charge is 2.32. The van der Waals surface area contributed by atoms with Crippen LogP contribution in [0.5, 0.6) is 5.75 Å². The van der Waals surface area contributed by atoms with Crippen molar-refractivity contribution in [3.63, 3.8) is 0 Å². The van der Waals surface area contributed by atoms with Gasteiger partial charge >= 0.3 is 5.97 Å². The van der Waals surface area contributed by atoms with E-state index in [-0.39, 0.29) is 52.6 Å². The highest BCUT2D eigenvalue weighted by atomic mass is 19.2. The third kappa shape index (κ3) is 6.17. The number of rotatable bonds is 7. The van der Waals surface area contributed by atoms with Crippen LogP contribution >= 0.6 is 0 Å². The highest BCUT2D eigenvalue weighted by molar-refractivity contribution is 5.76. The summed E-state index contributed by atoms with van der Waals surface area (Å²) in [5.41, 5.74) is 0.458. The first-order valence-corrected chi connectivity index (χ1v) is 14.5. The average Bonchev–Trinajstić information content (AvgIpc) is 3.01. The third-order valence-electron chi connectivity index (χ3n) is 8.51. The highest BCUT2D eigenvalue weighted by Crippen LogP contribution is 2.40. The largest absolute Gasteiger partial charge is 0.491 e. The molecule has 3 aromatic carbocycles. The van der Waals surface area contributed by atoms with Gasteiger partial charge in [0.05, 0.1) is 12.5 Å². The van der Waals surface area contributed by atoms with E-state index in [1.165, 1.54) is 31.2 Å². The number of allylic oxidation sites excluding steroid dienone is 2. The molecule has 0 spiro atoms. The Morgan fingerprint density at radius 2 is 1.37 bits per heavy atom. The lowest BCUT2D eigenvalue weighted by Crippen LogP contribution is -2.28. The minimum atomic E-state index is -1.32. The third-order valence-corrected chi connectivity index (χ3v) is 8.51. The van der Waals surface area contributed by atoms with Crippen molar-refractivity contribution in [2.45, 2.75) is 70.8 Å². The first-order valence-electron chi connectivity index (χ1n) is 14.5. The van der Waals surface area contributed by atoms with Crippen molar-refractivity contribution in [3.8, 4) is 16.9 Å². The van der Waals surface area contributed by atoms with Gasteiger partial charge in [-0.2, -0.15) is 4.39 Å². The van der Waals surface area contributed by atoms with Crippen LogP contribution in [-0.4, -0.2) is 18.7 Å². The zero-order valence-electron chi connectivity index (χ0n) is 23.9. The number of aryl methyl sites for hydroxylation is 1. The van der Waals surface area contributed by atoms with Crippen LogP contribution in [0.2, 0.25) is 0 Å². The predicted molar refractivity (Wildman–Crippen MR) is 150 cm³/mol. The summed E-state index contributed by atoms with van der Waals surface area (Å²) in [6.07, 6.45) is 4.43. The van der Waals surface area contributed by atoms with E-state index < -0.39 is 46.4 Å². The van der Waals surface area contributed by atoms with E-state index in [0.29, 0.717) is 50.5 Å². The Labute approximate surface area is 246 Å². The Kier molecular flexibility index (Phi) is 9.18. The number of hydrogen-bond acceptors (Lipinski definition) is 3. The number of halogens is 6. The van der Waals surface area contributed by atoms with Crippen LogP contribution in [0.25, 0.3) is 16.7 Å². The van der Waals surface area contributed by atoms with Crippen molar-refractivity contribution in [2.24, 2.45) is 5.92 Å². The minimum absolute atomic E-state index is 0.119. The first kappa shape index (κ1) is 30.7. The molecule has 0 aromatic heterocycles. The second-order valence-corrected chi connectivity index (χ2v) is 11.2. The van der Waals surface area contributed by atoms with Gasteiger partial charge < -0.3 is 9.47 Å². The molecule has 43 heavy (non-hydrogen) atoms. The van der Waals surface area contributed by atoms with Crippen molar-refractivity contribution in [1.29, 1.82) is 0 Å². The van der Waals surface area contributed by atoms with Gasteiger partial charge in [-0.25, -0.2) is 22.0 Å². The molecule has 228 valence electrons. The number of carbonyl (C=O) groups is 1. The van der Waals surface area contributed by atoms with Crippen LogP contribution in [0.15, 0.2) is 42.5 Å². The monoisotopic (exact) mass is 602 g/mol. The summed E-state index contributed by atoms with van der Waals surface area (Å²) in [5, 5.41) is 0. The van der Waals surface area contributed by atoms with Crippen LogP contribution in [0.1, 0.15) is 74.5 Å². The van der Waals surface area contributed by atoms with E-state index in [0.717, 1.165) is 6.07 Å². The summed E-state index contributed by atoms with van der Waals surface area (Å²) in [7, 11) is 0. The number of carbonyl (C=O) groups excluding carboxylic acids is 1. The van der Waals surface area contributed by atoms with E-state index in [4.69, 9.17) is 9.47 Å². The van der Waals surface area contributed by atoms with Crippen molar-refractivity contribution in [3.05, 3.63) is 94.1 Å². The Bertz CT molecular complexity index is 1560. The normalized spacial score (nSPS) is 20.5. The van der Waals surface area contributed by atoms with Crippen molar-refractivity contribution in [2.75, 3.05) is 6.61 Å². The summed E-state index contributed by atoms with van der Waals surface area (Å²) in [6, 6.07) is 8.06. The molecule has 0 aliphatic heterocycles. The van der Waals surface area contributed by atoms with Crippen LogP contribution < -0.4 is 4.74 Å². The maximum absolute atomic E-state index is 15.2. The summed E-state index contributed by atoms with van der Waals surface area (Å²) in [6.45, 7) is 3.23. The summed E-state index contributed by atoms with van der Waals surface area (Å²) < 4.78 is 98.4. The summed E-state index contributed by atoms with van der Waals surface area (Å²) in [5.74, 6) is -8.10. The lowest BCUT2D eigenvalue weighted by atomic mass is 9.81. The van der Waals surface area contributed by atoms with Crippen LogP contribution in [-0.2, 0) is 9.53 Å². The zero-order valence-corrected chi connectivity index (χ0v) is 23.9. The molecule has 0 saturated heterocycles. The van der Waals surface area contributed by atoms with E-state index in [1.54, 1.807) is 19.1 Å². The van der Waals surface area contributed by atoms with Crippen molar-refractivity contribution < 1.29 is 40.6 Å². The Morgan fingerprint density at radius 1 is 0.744 bits per heavy atom. The van der Waals surface area contributed by atoms with E-state index in [9.17, 15) is 22.4 Å². The molecule has 0 heterocycles.